The lowest BCUT2D eigenvalue weighted by molar-refractivity contribution is -0.130. The van der Waals surface area contributed by atoms with Gasteiger partial charge in [-0.1, -0.05) is 53.6 Å². The predicted octanol–water partition coefficient (Wildman–Crippen LogP) is 4.19. The second-order valence-corrected chi connectivity index (χ2v) is 9.82. The Hall–Kier alpha value is -1.91. The molecule has 2 N–H and O–H groups in total. The lowest BCUT2D eigenvalue weighted by Gasteiger charge is -2.19. The summed E-state index contributed by atoms with van der Waals surface area (Å²) >= 11 is 0. The van der Waals surface area contributed by atoms with Crippen LogP contribution in [0, 0.1) is 24.7 Å². The number of amides is 1. The van der Waals surface area contributed by atoms with Crippen LogP contribution < -0.4 is 0 Å². The molecule has 31 heavy (non-hydrogen) atoms. The summed E-state index contributed by atoms with van der Waals surface area (Å²) in [5.41, 5.74) is 3.79. The third-order valence-corrected chi connectivity index (χ3v) is 7.38. The molecule has 2 aliphatic carbocycles. The molecule has 3 aliphatic rings. The molecule has 5 atom stereocenters. The van der Waals surface area contributed by atoms with Crippen molar-refractivity contribution in [1.29, 1.82) is 0 Å². The molecule has 4 rings (SSSR count). The quantitative estimate of drug-likeness (QED) is 0.617. The van der Waals surface area contributed by atoms with E-state index in [1.807, 2.05) is 23.1 Å². The fraction of sp³-hybridized carbons (Fsp3) is 0.593. The van der Waals surface area contributed by atoms with E-state index in [-0.39, 0.29) is 12.0 Å². The Bertz CT molecular complexity index is 824. The topological polar surface area (TPSA) is 60.8 Å². The molecule has 1 saturated heterocycles. The number of fused-ring (bicyclic) bond motifs is 1. The standard InChI is InChI=1S/C27H37NO3/c1-19-6-4-7-20(14-19)16-23(29)10-11-24-25-17-21(15-22(25)18-26(24)30)8-5-9-27(31)28-12-2-3-13-28/h4,6-7,10-11,14-15,22-26,29-30H,2-3,5,8-9,12-13,16-18H2,1H3/t22-,23+,24+,25-,26+/m0/s1. The molecule has 4 nitrogen and oxygen atoms in total. The van der Waals surface area contributed by atoms with Gasteiger partial charge in [0.2, 0.25) is 5.91 Å². The average molecular weight is 424 g/mol. The van der Waals surface area contributed by atoms with Gasteiger partial charge in [0.15, 0.2) is 0 Å². The largest absolute Gasteiger partial charge is 0.392 e. The number of benzene rings is 1. The van der Waals surface area contributed by atoms with E-state index in [2.05, 4.69) is 31.2 Å². The van der Waals surface area contributed by atoms with Crippen LogP contribution in [-0.2, 0) is 11.2 Å². The van der Waals surface area contributed by atoms with Crippen molar-refractivity contribution in [2.75, 3.05) is 13.1 Å². The number of carbonyl (C=O) groups excluding carboxylic acids is 1. The molecule has 4 heteroatoms. The zero-order valence-electron chi connectivity index (χ0n) is 18.7. The number of hydrogen-bond donors (Lipinski definition) is 2. The Labute approximate surface area is 186 Å². The maximum absolute atomic E-state index is 12.2. The molecule has 0 radical (unpaired) electrons. The third-order valence-electron chi connectivity index (χ3n) is 7.38. The van der Waals surface area contributed by atoms with Crippen molar-refractivity contribution >= 4 is 5.91 Å². The molecular formula is C27H37NO3. The molecule has 0 spiro atoms. The maximum atomic E-state index is 12.2. The Balaban J connectivity index is 1.25. The van der Waals surface area contributed by atoms with Gasteiger partial charge in [0.05, 0.1) is 12.2 Å². The van der Waals surface area contributed by atoms with E-state index in [0.717, 1.165) is 57.2 Å². The third kappa shape index (κ3) is 5.67. The zero-order valence-corrected chi connectivity index (χ0v) is 18.7. The molecule has 0 aromatic heterocycles. The average Bonchev–Trinajstić information content (AvgIpc) is 3.44. The van der Waals surface area contributed by atoms with E-state index in [9.17, 15) is 15.0 Å². The highest BCUT2D eigenvalue weighted by atomic mass is 16.3. The molecule has 1 aromatic rings. The Morgan fingerprint density at radius 1 is 1.29 bits per heavy atom. The van der Waals surface area contributed by atoms with Gasteiger partial charge in [-0.25, -0.2) is 0 Å². The molecule has 0 unspecified atom stereocenters. The van der Waals surface area contributed by atoms with Crippen LogP contribution in [0.5, 0.6) is 0 Å². The van der Waals surface area contributed by atoms with Gasteiger partial charge in [-0.3, -0.25) is 4.79 Å². The van der Waals surface area contributed by atoms with Crippen LogP contribution in [0.4, 0.5) is 0 Å². The van der Waals surface area contributed by atoms with Crippen molar-refractivity contribution in [2.45, 2.75) is 70.5 Å². The van der Waals surface area contributed by atoms with Crippen LogP contribution in [0.2, 0.25) is 0 Å². The van der Waals surface area contributed by atoms with Crippen molar-refractivity contribution in [1.82, 2.24) is 4.90 Å². The number of rotatable bonds is 8. The van der Waals surface area contributed by atoms with E-state index >= 15 is 0 Å². The number of aryl methyl sites for hydroxylation is 1. The zero-order chi connectivity index (χ0) is 21.8. The summed E-state index contributed by atoms with van der Waals surface area (Å²) in [6.07, 6.45) is 12.8. The maximum Gasteiger partial charge on any atom is 0.222 e. The first kappa shape index (κ1) is 22.3. The van der Waals surface area contributed by atoms with Crippen molar-refractivity contribution in [3.05, 3.63) is 59.2 Å². The Morgan fingerprint density at radius 2 is 2.10 bits per heavy atom. The molecule has 1 amide bonds. The number of hydrogen-bond acceptors (Lipinski definition) is 3. The molecule has 2 fully saturated rings. The first-order chi connectivity index (χ1) is 15.0. The Kier molecular flexibility index (Phi) is 7.29. The summed E-state index contributed by atoms with van der Waals surface area (Å²) in [5.74, 6) is 1.29. The van der Waals surface area contributed by atoms with Crippen LogP contribution in [0.15, 0.2) is 48.1 Å². The number of carbonyl (C=O) groups is 1. The number of nitrogens with zero attached hydrogens (tertiary/aromatic N) is 1. The lowest BCUT2D eigenvalue weighted by atomic mass is 9.88. The summed E-state index contributed by atoms with van der Waals surface area (Å²) < 4.78 is 0. The van der Waals surface area contributed by atoms with Gasteiger partial charge >= 0.3 is 0 Å². The molecular weight excluding hydrogens is 386 g/mol. The van der Waals surface area contributed by atoms with E-state index in [4.69, 9.17) is 0 Å². The number of likely N-dealkylation sites (tertiary alicyclic amines) is 1. The monoisotopic (exact) mass is 423 g/mol. The molecule has 0 bridgehead atoms. The molecule has 1 aliphatic heterocycles. The van der Waals surface area contributed by atoms with Crippen LogP contribution in [-0.4, -0.2) is 46.3 Å². The first-order valence-corrected chi connectivity index (χ1v) is 12.1. The summed E-state index contributed by atoms with van der Waals surface area (Å²) in [7, 11) is 0. The van der Waals surface area contributed by atoms with Crippen molar-refractivity contribution in [3.8, 4) is 0 Å². The fourth-order valence-electron chi connectivity index (χ4n) is 5.79. The summed E-state index contributed by atoms with van der Waals surface area (Å²) in [5, 5.41) is 21.1. The van der Waals surface area contributed by atoms with Crippen LogP contribution >= 0.6 is 0 Å². The SMILES string of the molecule is Cc1cccc(C[C@H](O)C=C[C@@H]2[C@H]3CC(CCCC(=O)N4CCCC4)=C[C@H]3C[C@H]2O)c1. The normalized spacial score (nSPS) is 28.9. The summed E-state index contributed by atoms with van der Waals surface area (Å²) in [6.45, 7) is 3.94. The van der Waals surface area contributed by atoms with Gasteiger partial charge in [0, 0.05) is 31.8 Å². The van der Waals surface area contributed by atoms with Gasteiger partial charge in [0.25, 0.3) is 0 Å². The van der Waals surface area contributed by atoms with Crippen molar-refractivity contribution in [2.24, 2.45) is 17.8 Å². The second-order valence-electron chi connectivity index (χ2n) is 9.82. The van der Waals surface area contributed by atoms with Gasteiger partial charge in [-0.15, -0.1) is 0 Å². The van der Waals surface area contributed by atoms with E-state index in [1.54, 1.807) is 0 Å². The van der Waals surface area contributed by atoms with Crippen LogP contribution in [0.1, 0.15) is 56.1 Å². The highest BCUT2D eigenvalue weighted by Crippen LogP contribution is 2.48. The smallest absolute Gasteiger partial charge is 0.222 e. The molecule has 1 saturated carbocycles. The minimum absolute atomic E-state index is 0.108. The van der Waals surface area contributed by atoms with E-state index in [1.165, 1.54) is 11.1 Å². The van der Waals surface area contributed by atoms with Crippen molar-refractivity contribution in [3.63, 3.8) is 0 Å². The van der Waals surface area contributed by atoms with Crippen molar-refractivity contribution < 1.29 is 15.0 Å². The minimum Gasteiger partial charge on any atom is -0.392 e. The van der Waals surface area contributed by atoms with Gasteiger partial charge in [-0.2, -0.15) is 0 Å². The van der Waals surface area contributed by atoms with Gasteiger partial charge in [-0.05, 0) is 62.8 Å². The minimum atomic E-state index is -0.529. The molecule has 1 aromatic carbocycles. The summed E-state index contributed by atoms with van der Waals surface area (Å²) in [4.78, 5) is 14.3. The van der Waals surface area contributed by atoms with Gasteiger partial charge in [0.1, 0.15) is 0 Å². The van der Waals surface area contributed by atoms with E-state index < -0.39 is 6.10 Å². The predicted molar refractivity (Wildman–Crippen MR) is 123 cm³/mol. The van der Waals surface area contributed by atoms with Gasteiger partial charge < -0.3 is 15.1 Å². The molecule has 168 valence electrons. The highest BCUT2D eigenvalue weighted by Gasteiger charge is 2.43. The number of aliphatic hydroxyl groups excluding tert-OH is 2. The molecule has 1 heterocycles. The fourth-order valence-corrected chi connectivity index (χ4v) is 5.79. The Morgan fingerprint density at radius 3 is 2.87 bits per heavy atom. The lowest BCUT2D eigenvalue weighted by Crippen LogP contribution is -2.27. The van der Waals surface area contributed by atoms with Crippen LogP contribution in [0.3, 0.4) is 0 Å². The van der Waals surface area contributed by atoms with E-state index in [0.29, 0.717) is 30.6 Å². The van der Waals surface area contributed by atoms with Crippen LogP contribution in [0.25, 0.3) is 0 Å². The highest BCUT2D eigenvalue weighted by molar-refractivity contribution is 5.76. The first-order valence-electron chi connectivity index (χ1n) is 12.1. The number of aliphatic hydroxyl groups is 2. The number of allylic oxidation sites excluding steroid dienone is 2. The second kappa shape index (κ2) is 10.1. The summed E-state index contributed by atoms with van der Waals surface area (Å²) in [6, 6.07) is 8.25.